The van der Waals surface area contributed by atoms with E-state index in [0.717, 1.165) is 16.8 Å². The molecule has 18 heavy (non-hydrogen) atoms. The van der Waals surface area contributed by atoms with Crippen LogP contribution >= 0.6 is 11.3 Å². The van der Waals surface area contributed by atoms with Gasteiger partial charge in [-0.2, -0.15) is 0 Å². The van der Waals surface area contributed by atoms with Gasteiger partial charge in [0.1, 0.15) is 4.88 Å². The van der Waals surface area contributed by atoms with Crippen molar-refractivity contribution in [1.29, 1.82) is 0 Å². The number of carbonyl (C=O) groups excluding carboxylic acids is 1. The highest BCUT2D eigenvalue weighted by Crippen LogP contribution is 2.28. The maximum Gasteiger partial charge on any atom is 0.267 e. The van der Waals surface area contributed by atoms with Crippen LogP contribution in [0.25, 0.3) is 0 Å². The highest BCUT2D eigenvalue weighted by atomic mass is 32.1. The molecule has 3 nitrogen and oxygen atoms in total. The van der Waals surface area contributed by atoms with Gasteiger partial charge in [-0.15, -0.1) is 11.3 Å². The normalized spacial score (nSPS) is 10.7. The van der Waals surface area contributed by atoms with Crippen molar-refractivity contribution in [3.8, 4) is 0 Å². The Morgan fingerprint density at radius 1 is 1.39 bits per heavy atom. The van der Waals surface area contributed by atoms with Crippen molar-refractivity contribution >= 4 is 22.9 Å². The monoisotopic (exact) mass is 260 g/mol. The van der Waals surface area contributed by atoms with Crippen molar-refractivity contribution in [3.05, 3.63) is 45.9 Å². The summed E-state index contributed by atoms with van der Waals surface area (Å²) in [5.74, 6) is 0.287. The molecule has 1 heterocycles. The largest absolute Gasteiger partial charge is 0.321 e. The number of hydrogen-bond acceptors (Lipinski definition) is 3. The molecular formula is C14H16N2OS. The molecule has 0 fully saturated rings. The highest BCUT2D eigenvalue weighted by molar-refractivity contribution is 7.11. The molecule has 0 bridgehead atoms. The third-order valence-electron chi connectivity index (χ3n) is 2.82. The van der Waals surface area contributed by atoms with E-state index in [1.54, 1.807) is 11.7 Å². The van der Waals surface area contributed by atoms with Crippen molar-refractivity contribution in [3.63, 3.8) is 0 Å². The second kappa shape index (κ2) is 5.31. The van der Waals surface area contributed by atoms with Gasteiger partial charge in [-0.3, -0.25) is 9.78 Å². The molecule has 0 aliphatic heterocycles. The van der Waals surface area contributed by atoms with Gasteiger partial charge in [0.15, 0.2) is 0 Å². The second-order valence-electron chi connectivity index (χ2n) is 4.51. The van der Waals surface area contributed by atoms with E-state index in [4.69, 9.17) is 0 Å². The van der Waals surface area contributed by atoms with Crippen LogP contribution in [-0.4, -0.2) is 10.9 Å². The van der Waals surface area contributed by atoms with Crippen molar-refractivity contribution in [1.82, 2.24) is 4.98 Å². The van der Waals surface area contributed by atoms with Crippen LogP contribution in [0.3, 0.4) is 0 Å². The quantitative estimate of drug-likeness (QED) is 0.911. The average Bonchev–Trinajstić information content (AvgIpc) is 2.85. The number of aromatic nitrogens is 1. The minimum atomic E-state index is -0.0892. The van der Waals surface area contributed by atoms with E-state index >= 15 is 0 Å². The summed E-state index contributed by atoms with van der Waals surface area (Å²) in [7, 11) is 0. The Bertz CT molecular complexity index is 547. The number of anilines is 1. The number of nitrogens with one attached hydrogen (secondary N) is 1. The fraction of sp³-hybridized carbons (Fsp3) is 0.286. The SMILES string of the molecule is Cc1cccc(C(C)C)c1NC(=O)c1cncs1. The van der Waals surface area contributed by atoms with E-state index < -0.39 is 0 Å². The predicted octanol–water partition coefficient (Wildman–Crippen LogP) is 3.83. The molecule has 0 saturated carbocycles. The molecule has 1 aromatic heterocycles. The molecular weight excluding hydrogens is 244 g/mol. The molecule has 4 heteroatoms. The number of thiazole rings is 1. The third kappa shape index (κ3) is 2.59. The Hall–Kier alpha value is -1.68. The fourth-order valence-corrected chi connectivity index (χ4v) is 2.36. The van der Waals surface area contributed by atoms with Gasteiger partial charge in [-0.05, 0) is 24.0 Å². The van der Waals surface area contributed by atoms with Gasteiger partial charge >= 0.3 is 0 Å². The lowest BCUT2D eigenvalue weighted by Gasteiger charge is -2.15. The standard InChI is InChI=1S/C14H16N2OS/c1-9(2)11-6-4-5-10(3)13(11)16-14(17)12-7-15-8-18-12/h4-9H,1-3H3,(H,16,17). The minimum Gasteiger partial charge on any atom is -0.321 e. The van der Waals surface area contributed by atoms with Crippen LogP contribution in [0.2, 0.25) is 0 Å². The van der Waals surface area contributed by atoms with E-state index in [1.807, 2.05) is 19.1 Å². The van der Waals surface area contributed by atoms with Crippen LogP contribution in [0.4, 0.5) is 5.69 Å². The summed E-state index contributed by atoms with van der Waals surface area (Å²) < 4.78 is 0. The zero-order valence-corrected chi connectivity index (χ0v) is 11.5. The number of hydrogen-bond donors (Lipinski definition) is 1. The summed E-state index contributed by atoms with van der Waals surface area (Å²) in [5.41, 5.74) is 4.83. The van der Waals surface area contributed by atoms with Crippen LogP contribution in [0.15, 0.2) is 29.9 Å². The first kappa shape index (κ1) is 12.8. The first-order valence-electron chi connectivity index (χ1n) is 5.89. The summed E-state index contributed by atoms with van der Waals surface area (Å²) in [4.78, 5) is 16.6. The van der Waals surface area contributed by atoms with Crippen LogP contribution in [-0.2, 0) is 0 Å². The topological polar surface area (TPSA) is 42.0 Å². The Labute approximate surface area is 111 Å². The number of aryl methyl sites for hydroxylation is 1. The molecule has 0 spiro atoms. The zero-order chi connectivity index (χ0) is 13.1. The van der Waals surface area contributed by atoms with Crippen LogP contribution in [0, 0.1) is 6.92 Å². The van der Waals surface area contributed by atoms with Gasteiger partial charge in [-0.1, -0.05) is 32.0 Å². The molecule has 1 aromatic carbocycles. The zero-order valence-electron chi connectivity index (χ0n) is 10.7. The Morgan fingerprint density at radius 2 is 2.17 bits per heavy atom. The van der Waals surface area contributed by atoms with Crippen LogP contribution in [0.5, 0.6) is 0 Å². The number of carbonyl (C=O) groups is 1. The van der Waals surface area contributed by atoms with E-state index in [9.17, 15) is 4.79 Å². The van der Waals surface area contributed by atoms with Crippen molar-refractivity contribution in [2.24, 2.45) is 0 Å². The number of amides is 1. The minimum absolute atomic E-state index is 0.0892. The van der Waals surface area contributed by atoms with E-state index in [1.165, 1.54) is 11.3 Å². The molecule has 2 aromatic rings. The molecule has 0 aliphatic carbocycles. The molecule has 0 aliphatic rings. The van der Waals surface area contributed by atoms with Gasteiger partial charge in [-0.25, -0.2) is 0 Å². The summed E-state index contributed by atoms with van der Waals surface area (Å²) >= 11 is 1.35. The lowest BCUT2D eigenvalue weighted by molar-refractivity contribution is 0.103. The molecule has 0 radical (unpaired) electrons. The van der Waals surface area contributed by atoms with Gasteiger partial charge < -0.3 is 5.32 Å². The first-order valence-corrected chi connectivity index (χ1v) is 6.77. The number of para-hydroxylation sites is 1. The van der Waals surface area contributed by atoms with Gasteiger partial charge in [0, 0.05) is 5.69 Å². The fourth-order valence-electron chi connectivity index (χ4n) is 1.85. The highest BCUT2D eigenvalue weighted by Gasteiger charge is 2.13. The van der Waals surface area contributed by atoms with E-state index in [0.29, 0.717) is 10.8 Å². The molecule has 1 N–H and O–H groups in total. The molecule has 0 atom stereocenters. The number of nitrogens with zero attached hydrogens (tertiary/aromatic N) is 1. The van der Waals surface area contributed by atoms with Crippen molar-refractivity contribution in [2.45, 2.75) is 26.7 Å². The Morgan fingerprint density at radius 3 is 2.78 bits per heavy atom. The summed E-state index contributed by atoms with van der Waals surface area (Å²) in [6.45, 7) is 6.25. The summed E-state index contributed by atoms with van der Waals surface area (Å²) in [5, 5.41) is 2.99. The average molecular weight is 260 g/mol. The van der Waals surface area contributed by atoms with Gasteiger partial charge in [0.2, 0.25) is 0 Å². The van der Waals surface area contributed by atoms with Gasteiger partial charge in [0.05, 0.1) is 11.7 Å². The maximum atomic E-state index is 12.1. The smallest absolute Gasteiger partial charge is 0.267 e. The van der Waals surface area contributed by atoms with E-state index in [2.05, 4.69) is 30.2 Å². The molecule has 2 rings (SSSR count). The lowest BCUT2D eigenvalue weighted by Crippen LogP contribution is -2.13. The molecule has 0 unspecified atom stereocenters. The summed E-state index contributed by atoms with van der Waals surface area (Å²) in [6, 6.07) is 6.08. The molecule has 1 amide bonds. The first-order chi connectivity index (χ1) is 8.59. The van der Waals surface area contributed by atoms with Crippen LogP contribution < -0.4 is 5.32 Å². The Balaban J connectivity index is 2.31. The lowest BCUT2D eigenvalue weighted by atomic mass is 9.98. The van der Waals surface area contributed by atoms with Crippen molar-refractivity contribution in [2.75, 3.05) is 5.32 Å². The van der Waals surface area contributed by atoms with Gasteiger partial charge in [0.25, 0.3) is 5.91 Å². The van der Waals surface area contributed by atoms with Crippen molar-refractivity contribution < 1.29 is 4.79 Å². The third-order valence-corrected chi connectivity index (χ3v) is 3.59. The van der Waals surface area contributed by atoms with Crippen LogP contribution in [0.1, 0.15) is 40.6 Å². The molecule has 94 valence electrons. The predicted molar refractivity (Wildman–Crippen MR) is 75.3 cm³/mol. The Kier molecular flexibility index (Phi) is 3.77. The summed E-state index contributed by atoms with van der Waals surface area (Å²) in [6.07, 6.45) is 1.59. The molecule has 0 saturated heterocycles. The second-order valence-corrected chi connectivity index (χ2v) is 5.40. The number of rotatable bonds is 3. The van der Waals surface area contributed by atoms with E-state index in [-0.39, 0.29) is 5.91 Å². The maximum absolute atomic E-state index is 12.1. The number of benzene rings is 1.